The molecule has 0 aliphatic carbocycles. The predicted molar refractivity (Wildman–Crippen MR) is 152 cm³/mol. The van der Waals surface area contributed by atoms with Crippen molar-refractivity contribution in [3.63, 3.8) is 0 Å². The lowest BCUT2D eigenvalue weighted by Gasteiger charge is -2.66. The molecular weight excluding hydrogens is 432 g/mol. The quantitative estimate of drug-likeness (QED) is 0.259. The van der Waals surface area contributed by atoms with Crippen LogP contribution in [-0.4, -0.2) is 62.6 Å². The Morgan fingerprint density at radius 1 is 0.438 bits per heavy atom. The lowest BCUT2D eigenvalue weighted by Crippen LogP contribution is -2.29. The van der Waals surface area contributed by atoms with E-state index in [4.69, 9.17) is 8.83 Å². The molecule has 0 radical (unpaired) electrons. The Labute approximate surface area is 189 Å². The molecule has 3 aromatic carbocycles. The summed E-state index contributed by atoms with van der Waals surface area (Å²) in [6.07, 6.45) is 23.9. The molecule has 0 fully saturated rings. The van der Waals surface area contributed by atoms with E-state index in [-0.39, 0.29) is 0 Å². The molecule has 0 unspecified atom stereocenters. The van der Waals surface area contributed by atoms with Crippen molar-refractivity contribution in [3.05, 3.63) is 48.5 Å². The van der Waals surface area contributed by atoms with Crippen LogP contribution < -0.4 is 0 Å². The van der Waals surface area contributed by atoms with Gasteiger partial charge in [-0.2, -0.15) is 0 Å². The summed E-state index contributed by atoms with van der Waals surface area (Å²) in [5, 5.41) is 4.53. The number of furan rings is 2. The third-order valence-electron chi connectivity index (χ3n) is 6.38. The molecule has 0 amide bonds. The van der Waals surface area contributed by atoms with Gasteiger partial charge in [0.1, 0.15) is 11.2 Å². The van der Waals surface area contributed by atoms with Gasteiger partial charge in [-0.1, -0.05) is 12.1 Å². The van der Waals surface area contributed by atoms with Gasteiger partial charge in [-0.3, -0.25) is 16.6 Å². The summed E-state index contributed by atoms with van der Waals surface area (Å²) in [5.74, 6) is 0. The summed E-state index contributed by atoms with van der Waals surface area (Å²) in [4.78, 5) is 2.72. The molecule has 2 heterocycles. The molecule has 0 saturated heterocycles. The van der Waals surface area contributed by atoms with Gasteiger partial charge in [-0.25, -0.2) is 0 Å². The van der Waals surface area contributed by atoms with Crippen LogP contribution in [0.2, 0.25) is 0 Å². The highest BCUT2D eigenvalue weighted by Crippen LogP contribution is 2.82. The molecule has 32 heavy (non-hydrogen) atoms. The first-order valence-corrected chi connectivity index (χ1v) is 19.9. The summed E-state index contributed by atoms with van der Waals surface area (Å²) in [6.45, 7) is 0. The fourth-order valence-corrected chi connectivity index (χ4v) is 7.19. The second-order valence-electron chi connectivity index (χ2n) is 15.5. The highest BCUT2D eigenvalue weighted by molar-refractivity contribution is 8.62. The average Bonchev–Trinajstić information content (AvgIpc) is 3.14. The normalized spacial score (nSPS) is 18.1. The Balaban J connectivity index is 1.82. The van der Waals surface area contributed by atoms with Crippen molar-refractivity contribution in [3.8, 4) is 0 Å². The van der Waals surface area contributed by atoms with Crippen molar-refractivity contribution in [2.24, 2.45) is 0 Å². The van der Waals surface area contributed by atoms with Crippen molar-refractivity contribution >= 4 is 60.5 Å². The fraction of sp³-hybridized carbons (Fsp3) is 0.357. The molecule has 5 aromatic rings. The third kappa shape index (κ3) is 3.43. The SMILES string of the molecule is CS(C)(C)(C)(C)c1ccc2c(c1)oc1c2ccc2c3ccc(S(C)(C)(C)(C)C)cc3oc21. The summed E-state index contributed by atoms with van der Waals surface area (Å²) in [5.41, 5.74) is 3.57. The average molecular weight is 471 g/mol. The Kier molecular flexibility index (Phi) is 3.34. The Morgan fingerprint density at radius 3 is 1.06 bits per heavy atom. The van der Waals surface area contributed by atoms with Gasteiger partial charge in [0.25, 0.3) is 0 Å². The van der Waals surface area contributed by atoms with E-state index in [0.29, 0.717) is 0 Å². The van der Waals surface area contributed by atoms with Crippen LogP contribution in [0.4, 0.5) is 0 Å². The van der Waals surface area contributed by atoms with E-state index in [9.17, 15) is 0 Å². The van der Waals surface area contributed by atoms with E-state index < -0.39 is 16.6 Å². The molecule has 0 atom stereocenters. The van der Waals surface area contributed by atoms with Gasteiger partial charge >= 0.3 is 0 Å². The number of rotatable bonds is 2. The summed E-state index contributed by atoms with van der Waals surface area (Å²) in [7, 11) is -4.63. The van der Waals surface area contributed by atoms with Crippen LogP contribution in [0.1, 0.15) is 0 Å². The van der Waals surface area contributed by atoms with Crippen LogP contribution in [0.25, 0.3) is 43.9 Å². The molecule has 0 spiro atoms. The highest BCUT2D eigenvalue weighted by Gasteiger charge is 2.40. The van der Waals surface area contributed by atoms with Crippen LogP contribution in [0.15, 0.2) is 67.2 Å². The highest BCUT2D eigenvalue weighted by atomic mass is 32.4. The van der Waals surface area contributed by atoms with E-state index in [1.807, 2.05) is 0 Å². The van der Waals surface area contributed by atoms with Crippen LogP contribution in [0.5, 0.6) is 0 Å². The number of hydrogen-bond donors (Lipinski definition) is 0. The van der Waals surface area contributed by atoms with Gasteiger partial charge in [-0.15, -0.1) is 0 Å². The van der Waals surface area contributed by atoms with Gasteiger partial charge in [0.15, 0.2) is 11.2 Å². The maximum Gasteiger partial charge on any atom is 0.178 e. The first-order valence-electron chi connectivity index (χ1n) is 10.9. The smallest absolute Gasteiger partial charge is 0.178 e. The maximum absolute atomic E-state index is 6.49. The van der Waals surface area contributed by atoms with E-state index in [1.165, 1.54) is 9.79 Å². The minimum absolute atomic E-state index is 0.847. The summed E-state index contributed by atoms with van der Waals surface area (Å²) < 4.78 is 13.0. The molecule has 174 valence electrons. The fourth-order valence-electron chi connectivity index (χ4n) is 4.30. The Morgan fingerprint density at radius 2 is 0.750 bits per heavy atom. The van der Waals surface area contributed by atoms with Gasteiger partial charge in [0.05, 0.1) is 0 Å². The Hall–Kier alpha value is -2.04. The number of benzene rings is 3. The number of hydrogen-bond acceptors (Lipinski definition) is 2. The van der Waals surface area contributed by atoms with E-state index in [1.54, 1.807) is 0 Å². The molecule has 2 nitrogen and oxygen atoms in total. The Bertz CT molecular complexity index is 1480. The van der Waals surface area contributed by atoms with E-state index >= 15 is 0 Å². The first-order chi connectivity index (χ1) is 14.1. The lowest BCUT2D eigenvalue weighted by molar-refractivity contribution is 0.632. The molecule has 0 bridgehead atoms. The van der Waals surface area contributed by atoms with Crippen LogP contribution in [0.3, 0.4) is 0 Å². The summed E-state index contributed by atoms with van der Waals surface area (Å²) >= 11 is 0. The monoisotopic (exact) mass is 470 g/mol. The molecule has 2 aromatic heterocycles. The van der Waals surface area contributed by atoms with Crippen LogP contribution >= 0.6 is 16.6 Å². The van der Waals surface area contributed by atoms with Crippen molar-refractivity contribution < 1.29 is 8.83 Å². The minimum Gasteiger partial charge on any atom is -0.452 e. The van der Waals surface area contributed by atoms with Crippen LogP contribution in [-0.2, 0) is 0 Å². The van der Waals surface area contributed by atoms with Gasteiger partial charge in [0, 0.05) is 21.5 Å². The zero-order valence-electron chi connectivity index (χ0n) is 21.3. The third-order valence-corrected chi connectivity index (χ3v) is 11.6. The van der Waals surface area contributed by atoms with Crippen molar-refractivity contribution in [1.82, 2.24) is 0 Å². The second kappa shape index (κ2) is 4.90. The van der Waals surface area contributed by atoms with Crippen molar-refractivity contribution in [2.45, 2.75) is 9.79 Å². The summed E-state index contributed by atoms with van der Waals surface area (Å²) in [6, 6.07) is 17.9. The van der Waals surface area contributed by atoms with E-state index in [0.717, 1.165) is 43.9 Å². The van der Waals surface area contributed by atoms with Gasteiger partial charge < -0.3 is 8.83 Å². The molecule has 0 N–H and O–H groups in total. The van der Waals surface area contributed by atoms with Crippen molar-refractivity contribution in [2.75, 3.05) is 62.6 Å². The topological polar surface area (TPSA) is 26.3 Å². The predicted octanol–water partition coefficient (Wildman–Crippen LogP) is 8.25. The molecule has 0 saturated carbocycles. The molecule has 5 rings (SSSR count). The van der Waals surface area contributed by atoms with Gasteiger partial charge in [-0.05, 0) is 109 Å². The lowest BCUT2D eigenvalue weighted by atomic mass is 10.1. The van der Waals surface area contributed by atoms with Gasteiger partial charge in [0.2, 0.25) is 0 Å². The first kappa shape index (κ1) is 21.8. The molecule has 0 aliphatic rings. The number of fused-ring (bicyclic) bond motifs is 7. The zero-order valence-corrected chi connectivity index (χ0v) is 22.9. The molecular formula is C28H38O2S2. The second-order valence-corrected chi connectivity index (χ2v) is 36.9. The maximum atomic E-state index is 6.49. The van der Waals surface area contributed by atoms with E-state index in [2.05, 4.69) is 111 Å². The minimum atomic E-state index is -2.32. The van der Waals surface area contributed by atoms with Crippen LogP contribution in [0, 0.1) is 0 Å². The zero-order chi connectivity index (χ0) is 23.7. The van der Waals surface area contributed by atoms with Crippen molar-refractivity contribution in [1.29, 1.82) is 0 Å². The molecule has 0 aliphatic heterocycles. The standard InChI is InChI=1S/C28H38O2S2/c1-31(2,3,4,5)19-11-13-21-23-15-16-24-22-14-12-20(32(6,7,8,9)10)18-26(22)30-28(24)27(23)29-25(21)17-19/h11-18H,1-10H3. The largest absolute Gasteiger partial charge is 0.452 e. The molecule has 4 heteroatoms.